The van der Waals surface area contributed by atoms with Crippen molar-refractivity contribution in [2.45, 2.75) is 32.4 Å². The number of amides is 1. The molecule has 0 N–H and O–H groups in total. The Morgan fingerprint density at radius 2 is 2.00 bits per heavy atom. The minimum absolute atomic E-state index is 0.0277. The highest BCUT2D eigenvalue weighted by Gasteiger charge is 2.35. The Labute approximate surface area is 161 Å². The van der Waals surface area contributed by atoms with Gasteiger partial charge in [-0.25, -0.2) is 9.48 Å². The number of hydrogen-bond acceptors (Lipinski definition) is 4. The van der Waals surface area contributed by atoms with Gasteiger partial charge < -0.3 is 4.90 Å². The molecule has 1 aliphatic heterocycles. The standard InChI is InChI=1S/C20H22N4O2S/c1-14-10-11-17(27-14)19(25)23-12-6-9-16(23)18-21-22(2)20(26)24(18)13-15-7-4-3-5-8-15/h3-5,7-8,10-11,16H,6,9,12-13H2,1-2H3. The molecule has 0 radical (unpaired) electrons. The minimum Gasteiger partial charge on any atom is -0.328 e. The summed E-state index contributed by atoms with van der Waals surface area (Å²) in [6, 6.07) is 13.5. The van der Waals surface area contributed by atoms with Gasteiger partial charge in [0.2, 0.25) is 0 Å². The molecule has 0 bridgehead atoms. The summed E-state index contributed by atoms with van der Waals surface area (Å²) in [7, 11) is 1.66. The molecule has 1 aromatic carbocycles. The van der Waals surface area contributed by atoms with Crippen molar-refractivity contribution in [2.75, 3.05) is 6.54 Å². The van der Waals surface area contributed by atoms with Crippen LogP contribution in [0.4, 0.5) is 0 Å². The van der Waals surface area contributed by atoms with E-state index in [4.69, 9.17) is 0 Å². The predicted molar refractivity (Wildman–Crippen MR) is 105 cm³/mol. The Morgan fingerprint density at radius 3 is 2.70 bits per heavy atom. The third-order valence-corrected chi connectivity index (χ3v) is 5.97. The summed E-state index contributed by atoms with van der Waals surface area (Å²) in [5.41, 5.74) is 0.888. The number of carbonyl (C=O) groups excluding carboxylic acids is 1. The molecule has 3 aromatic rings. The number of aromatic nitrogens is 3. The third kappa shape index (κ3) is 3.35. The van der Waals surface area contributed by atoms with E-state index in [1.54, 1.807) is 11.6 Å². The van der Waals surface area contributed by atoms with E-state index in [9.17, 15) is 9.59 Å². The Morgan fingerprint density at radius 1 is 1.22 bits per heavy atom. The largest absolute Gasteiger partial charge is 0.346 e. The number of hydrogen-bond donors (Lipinski definition) is 0. The first-order chi connectivity index (χ1) is 13.0. The monoisotopic (exact) mass is 382 g/mol. The van der Waals surface area contributed by atoms with E-state index in [0.29, 0.717) is 18.9 Å². The van der Waals surface area contributed by atoms with Crippen molar-refractivity contribution < 1.29 is 4.79 Å². The predicted octanol–water partition coefficient (Wildman–Crippen LogP) is 2.98. The summed E-state index contributed by atoms with van der Waals surface area (Å²) in [6.07, 6.45) is 1.73. The molecule has 3 heterocycles. The number of nitrogens with zero attached hydrogens (tertiary/aromatic N) is 4. The first kappa shape index (κ1) is 17.7. The first-order valence-electron chi connectivity index (χ1n) is 9.09. The van der Waals surface area contributed by atoms with Crippen LogP contribution in [0, 0.1) is 6.92 Å². The number of aryl methyl sites for hydroxylation is 2. The average molecular weight is 382 g/mol. The smallest absolute Gasteiger partial charge is 0.328 e. The molecule has 1 unspecified atom stereocenters. The van der Waals surface area contributed by atoms with E-state index in [-0.39, 0.29) is 17.6 Å². The summed E-state index contributed by atoms with van der Waals surface area (Å²) >= 11 is 1.51. The Balaban J connectivity index is 1.69. The van der Waals surface area contributed by atoms with Crippen molar-refractivity contribution in [1.82, 2.24) is 19.2 Å². The quantitative estimate of drug-likeness (QED) is 0.697. The van der Waals surface area contributed by atoms with Gasteiger partial charge in [0, 0.05) is 18.5 Å². The van der Waals surface area contributed by atoms with Crippen LogP contribution in [-0.4, -0.2) is 31.7 Å². The normalized spacial score (nSPS) is 16.8. The van der Waals surface area contributed by atoms with Gasteiger partial charge in [-0.1, -0.05) is 30.3 Å². The van der Waals surface area contributed by atoms with Gasteiger partial charge in [-0.3, -0.25) is 9.36 Å². The second-order valence-electron chi connectivity index (χ2n) is 6.90. The third-order valence-electron chi connectivity index (χ3n) is 4.98. The van der Waals surface area contributed by atoms with Crippen LogP contribution in [0.5, 0.6) is 0 Å². The molecular weight excluding hydrogens is 360 g/mol. The summed E-state index contributed by atoms with van der Waals surface area (Å²) in [6.45, 7) is 3.15. The number of benzene rings is 1. The maximum atomic E-state index is 13.0. The van der Waals surface area contributed by atoms with Crippen LogP contribution in [0.15, 0.2) is 47.3 Å². The van der Waals surface area contributed by atoms with Gasteiger partial charge in [-0.2, -0.15) is 5.10 Å². The van der Waals surface area contributed by atoms with Crippen LogP contribution in [-0.2, 0) is 13.6 Å². The van der Waals surface area contributed by atoms with Gasteiger partial charge >= 0.3 is 5.69 Å². The maximum Gasteiger partial charge on any atom is 0.346 e. The molecule has 6 nitrogen and oxygen atoms in total. The van der Waals surface area contributed by atoms with E-state index >= 15 is 0 Å². The number of likely N-dealkylation sites (tertiary alicyclic amines) is 1. The van der Waals surface area contributed by atoms with Crippen molar-refractivity contribution in [3.63, 3.8) is 0 Å². The summed E-state index contributed by atoms with van der Waals surface area (Å²) in [4.78, 5) is 29.4. The summed E-state index contributed by atoms with van der Waals surface area (Å²) < 4.78 is 3.07. The molecule has 27 heavy (non-hydrogen) atoms. The maximum absolute atomic E-state index is 13.0. The van der Waals surface area contributed by atoms with E-state index in [2.05, 4.69) is 5.10 Å². The Bertz CT molecular complexity index is 1020. The highest BCUT2D eigenvalue weighted by Crippen LogP contribution is 2.33. The second kappa shape index (κ2) is 7.15. The van der Waals surface area contributed by atoms with Crippen LogP contribution < -0.4 is 5.69 Å². The number of rotatable bonds is 4. The van der Waals surface area contributed by atoms with Crippen LogP contribution in [0.3, 0.4) is 0 Å². The van der Waals surface area contributed by atoms with Crippen molar-refractivity contribution in [2.24, 2.45) is 7.05 Å². The second-order valence-corrected chi connectivity index (χ2v) is 8.19. The van der Waals surface area contributed by atoms with Gasteiger partial charge in [0.1, 0.15) is 0 Å². The zero-order valence-electron chi connectivity index (χ0n) is 15.5. The fraction of sp³-hybridized carbons (Fsp3) is 0.350. The van der Waals surface area contributed by atoms with Crippen LogP contribution in [0.25, 0.3) is 0 Å². The molecule has 0 saturated carbocycles. The zero-order chi connectivity index (χ0) is 19.0. The van der Waals surface area contributed by atoms with Crippen LogP contribution in [0.2, 0.25) is 0 Å². The van der Waals surface area contributed by atoms with Gasteiger partial charge in [-0.15, -0.1) is 11.3 Å². The Hall–Kier alpha value is -2.67. The van der Waals surface area contributed by atoms with Crippen molar-refractivity contribution in [1.29, 1.82) is 0 Å². The highest BCUT2D eigenvalue weighted by molar-refractivity contribution is 7.13. The number of carbonyl (C=O) groups is 1. The van der Waals surface area contributed by atoms with E-state index in [1.165, 1.54) is 16.0 Å². The topological polar surface area (TPSA) is 60.1 Å². The molecule has 4 rings (SSSR count). The minimum atomic E-state index is -0.169. The fourth-order valence-electron chi connectivity index (χ4n) is 3.65. The van der Waals surface area contributed by atoms with Crippen molar-refractivity contribution in [3.8, 4) is 0 Å². The molecule has 1 aliphatic rings. The van der Waals surface area contributed by atoms with Crippen molar-refractivity contribution >= 4 is 17.2 Å². The van der Waals surface area contributed by atoms with E-state index in [1.807, 2.05) is 54.3 Å². The average Bonchev–Trinajstić information content (AvgIpc) is 3.38. The molecule has 1 fully saturated rings. The SMILES string of the molecule is Cc1ccc(C(=O)N2CCCC2c2nn(C)c(=O)n2Cc2ccccc2)s1. The molecule has 7 heteroatoms. The lowest BCUT2D eigenvalue weighted by atomic mass is 10.2. The lowest BCUT2D eigenvalue weighted by Gasteiger charge is -2.23. The van der Waals surface area contributed by atoms with Gasteiger partial charge in [0.15, 0.2) is 5.82 Å². The van der Waals surface area contributed by atoms with Gasteiger partial charge in [-0.05, 0) is 37.5 Å². The lowest BCUT2D eigenvalue weighted by molar-refractivity contribution is 0.0732. The van der Waals surface area contributed by atoms with Gasteiger partial charge in [0.25, 0.3) is 5.91 Å². The van der Waals surface area contributed by atoms with Crippen LogP contribution >= 0.6 is 11.3 Å². The summed E-state index contributed by atoms with van der Waals surface area (Å²) in [5, 5.41) is 4.50. The molecule has 1 amide bonds. The van der Waals surface area contributed by atoms with Crippen LogP contribution in [0.1, 0.15) is 44.8 Å². The van der Waals surface area contributed by atoms with E-state index in [0.717, 1.165) is 28.2 Å². The first-order valence-corrected chi connectivity index (χ1v) is 9.91. The molecule has 1 saturated heterocycles. The van der Waals surface area contributed by atoms with Crippen molar-refractivity contribution in [3.05, 3.63) is 74.1 Å². The molecule has 140 valence electrons. The number of thiophene rings is 1. The molecule has 1 atom stereocenters. The Kier molecular flexibility index (Phi) is 4.70. The highest BCUT2D eigenvalue weighted by atomic mass is 32.1. The molecule has 0 aliphatic carbocycles. The fourth-order valence-corrected chi connectivity index (χ4v) is 4.48. The van der Waals surface area contributed by atoms with E-state index < -0.39 is 0 Å². The zero-order valence-corrected chi connectivity index (χ0v) is 16.3. The van der Waals surface area contributed by atoms with Gasteiger partial charge in [0.05, 0.1) is 17.5 Å². The molecule has 0 spiro atoms. The molecular formula is C20H22N4O2S. The summed E-state index contributed by atoms with van der Waals surface area (Å²) in [5.74, 6) is 0.699. The lowest BCUT2D eigenvalue weighted by Crippen LogP contribution is -2.33. The molecule has 2 aromatic heterocycles.